The molecule has 9 nitrogen and oxygen atoms in total. The van der Waals surface area contributed by atoms with Crippen LogP contribution in [-0.2, 0) is 11.2 Å². The first-order valence-electron chi connectivity index (χ1n) is 11.6. The number of para-hydroxylation sites is 1. The summed E-state index contributed by atoms with van der Waals surface area (Å²) in [4.78, 5) is 34.2. The summed E-state index contributed by atoms with van der Waals surface area (Å²) >= 11 is 0. The predicted molar refractivity (Wildman–Crippen MR) is 128 cm³/mol. The second kappa shape index (κ2) is 10.1. The number of carboxylic acids is 1. The van der Waals surface area contributed by atoms with Gasteiger partial charge in [-0.2, -0.15) is 13.2 Å². The number of halogens is 3. The smallest absolute Gasteiger partial charge is 0.475 e. The maximum absolute atomic E-state index is 12.2. The molecule has 0 spiro atoms. The molecule has 1 saturated carbocycles. The van der Waals surface area contributed by atoms with Crippen LogP contribution in [0, 0.1) is 6.92 Å². The number of nitrogens with two attached hydrogens (primary N) is 1. The van der Waals surface area contributed by atoms with Gasteiger partial charge in [-0.25, -0.2) is 14.8 Å². The van der Waals surface area contributed by atoms with Crippen molar-refractivity contribution in [2.75, 3.05) is 11.9 Å². The maximum Gasteiger partial charge on any atom is 0.490 e. The number of rotatable bonds is 3. The Labute approximate surface area is 204 Å². The second-order valence-electron chi connectivity index (χ2n) is 8.98. The molecule has 0 bridgehead atoms. The average molecular weight is 505 g/mol. The van der Waals surface area contributed by atoms with Gasteiger partial charge in [0, 0.05) is 42.0 Å². The van der Waals surface area contributed by atoms with E-state index in [1.165, 1.54) is 0 Å². The van der Waals surface area contributed by atoms with E-state index in [0.29, 0.717) is 12.6 Å². The van der Waals surface area contributed by atoms with E-state index in [0.717, 1.165) is 77.2 Å². The number of amides is 1. The minimum absolute atomic E-state index is 0.0214. The lowest BCUT2D eigenvalue weighted by atomic mass is 9.91. The zero-order valence-electron chi connectivity index (χ0n) is 19.6. The Morgan fingerprint density at radius 2 is 1.97 bits per heavy atom. The van der Waals surface area contributed by atoms with Crippen LogP contribution < -0.4 is 16.4 Å². The molecule has 36 heavy (non-hydrogen) atoms. The van der Waals surface area contributed by atoms with Gasteiger partial charge in [-0.1, -0.05) is 12.1 Å². The molecule has 2 atom stereocenters. The van der Waals surface area contributed by atoms with Gasteiger partial charge in [0.05, 0.1) is 16.8 Å². The number of alkyl halides is 3. The van der Waals surface area contributed by atoms with Crippen molar-refractivity contribution in [3.8, 4) is 11.3 Å². The van der Waals surface area contributed by atoms with Gasteiger partial charge in [0.1, 0.15) is 11.3 Å². The second-order valence-corrected chi connectivity index (χ2v) is 8.98. The Bertz CT molecular complexity index is 1290. The van der Waals surface area contributed by atoms with Crippen molar-refractivity contribution in [1.82, 2.24) is 20.3 Å². The molecule has 2 aromatic heterocycles. The van der Waals surface area contributed by atoms with Crippen LogP contribution in [0.1, 0.15) is 47.4 Å². The number of fused-ring (bicyclic) bond motifs is 2. The monoisotopic (exact) mass is 504 g/mol. The quantitative estimate of drug-likeness (QED) is 0.367. The fourth-order valence-corrected chi connectivity index (χ4v) is 4.51. The summed E-state index contributed by atoms with van der Waals surface area (Å²) in [6.45, 7) is 2.65. The normalized spacial score (nSPS) is 19.6. The van der Waals surface area contributed by atoms with E-state index in [9.17, 15) is 18.0 Å². The Hall–Kier alpha value is -3.67. The van der Waals surface area contributed by atoms with Gasteiger partial charge < -0.3 is 26.5 Å². The van der Waals surface area contributed by atoms with Gasteiger partial charge in [0.15, 0.2) is 0 Å². The van der Waals surface area contributed by atoms with Gasteiger partial charge in [-0.15, -0.1) is 0 Å². The molecule has 6 N–H and O–H groups in total. The molecule has 0 saturated heterocycles. The Balaban J connectivity index is 0.000000384. The van der Waals surface area contributed by atoms with E-state index in [2.05, 4.69) is 15.6 Å². The minimum atomic E-state index is -5.08. The van der Waals surface area contributed by atoms with Crippen molar-refractivity contribution in [3.05, 3.63) is 41.2 Å². The van der Waals surface area contributed by atoms with Crippen molar-refractivity contribution in [2.24, 2.45) is 5.73 Å². The zero-order valence-corrected chi connectivity index (χ0v) is 19.6. The van der Waals surface area contributed by atoms with E-state index in [1.54, 1.807) is 0 Å². The van der Waals surface area contributed by atoms with E-state index >= 15 is 0 Å². The lowest BCUT2D eigenvalue weighted by Crippen LogP contribution is -2.35. The number of carbonyl (C=O) groups excluding carboxylic acids is 1. The summed E-state index contributed by atoms with van der Waals surface area (Å²) in [6, 6.07) is 8.50. The number of aliphatic carboxylic acids is 1. The van der Waals surface area contributed by atoms with Gasteiger partial charge in [-0.3, -0.25) is 4.79 Å². The number of aromatic nitrogens is 3. The summed E-state index contributed by atoms with van der Waals surface area (Å²) in [6.07, 6.45) is 0.0214. The summed E-state index contributed by atoms with van der Waals surface area (Å²) < 4.78 is 31.7. The SMILES string of the molecule is Cc1nc2cccc(-c3cc4c([nH]3)CCNC4=O)c2nc1NC1CCCC(N)C1.O=C(O)C(F)(F)F. The molecule has 0 radical (unpaired) electrons. The first kappa shape index (κ1) is 25.4. The number of hydrogen-bond donors (Lipinski definition) is 5. The van der Waals surface area contributed by atoms with Crippen molar-refractivity contribution in [2.45, 2.75) is 57.3 Å². The van der Waals surface area contributed by atoms with Crippen LogP contribution in [0.3, 0.4) is 0 Å². The largest absolute Gasteiger partial charge is 0.490 e. The number of H-pyrrole nitrogens is 1. The molecule has 2 unspecified atom stereocenters. The standard InChI is InChI=1S/C22H26N6O.C2HF3O2/c1-12-21(26-14-5-2-4-13(23)10-14)28-20-15(6-3-7-18(20)25-12)19-11-16-17(27-19)8-9-24-22(16)29;3-2(4,5)1(6)7/h3,6-7,11,13-14,27H,2,4-5,8-10,23H2,1H3,(H,24,29)(H,26,28);(H,6,7). The van der Waals surface area contributed by atoms with Gasteiger partial charge >= 0.3 is 12.1 Å². The number of aromatic amines is 1. The predicted octanol–water partition coefficient (Wildman–Crippen LogP) is 3.53. The molecule has 3 heterocycles. The first-order chi connectivity index (χ1) is 17.0. The number of hydrogen-bond acceptors (Lipinski definition) is 6. The highest BCUT2D eigenvalue weighted by Gasteiger charge is 2.38. The summed E-state index contributed by atoms with van der Waals surface area (Å²) in [5, 5.41) is 13.6. The third kappa shape index (κ3) is 5.59. The van der Waals surface area contributed by atoms with Crippen LogP contribution in [0.4, 0.5) is 19.0 Å². The average Bonchev–Trinajstić information content (AvgIpc) is 3.25. The highest BCUT2D eigenvalue weighted by atomic mass is 19.4. The van der Waals surface area contributed by atoms with Crippen molar-refractivity contribution in [3.63, 3.8) is 0 Å². The number of anilines is 1. The van der Waals surface area contributed by atoms with Crippen LogP contribution in [0.2, 0.25) is 0 Å². The molecule has 2 aliphatic rings. The van der Waals surface area contributed by atoms with Gasteiger partial charge in [0.25, 0.3) is 5.91 Å². The number of carboxylic acid groups (broad SMARTS) is 1. The number of aryl methyl sites for hydroxylation is 1. The summed E-state index contributed by atoms with van der Waals surface area (Å²) in [5.74, 6) is -1.96. The first-order valence-corrected chi connectivity index (χ1v) is 11.6. The Morgan fingerprint density at radius 3 is 2.64 bits per heavy atom. The molecule has 1 aromatic carbocycles. The molecule has 1 amide bonds. The number of benzene rings is 1. The van der Waals surface area contributed by atoms with E-state index in [4.69, 9.17) is 25.6 Å². The molecule has 1 aliphatic heterocycles. The zero-order chi connectivity index (χ0) is 26.0. The molecular formula is C24H27F3N6O3. The Kier molecular flexibility index (Phi) is 7.16. The number of nitrogens with one attached hydrogen (secondary N) is 3. The van der Waals surface area contributed by atoms with E-state index < -0.39 is 12.1 Å². The van der Waals surface area contributed by atoms with Crippen LogP contribution in [0.15, 0.2) is 24.3 Å². The van der Waals surface area contributed by atoms with Crippen LogP contribution in [0.5, 0.6) is 0 Å². The van der Waals surface area contributed by atoms with E-state index in [1.807, 2.05) is 31.2 Å². The number of nitrogens with zero attached hydrogens (tertiary/aromatic N) is 2. The highest BCUT2D eigenvalue weighted by Crippen LogP contribution is 2.31. The van der Waals surface area contributed by atoms with E-state index in [-0.39, 0.29) is 11.9 Å². The third-order valence-electron chi connectivity index (χ3n) is 6.26. The highest BCUT2D eigenvalue weighted by molar-refractivity contribution is 5.99. The van der Waals surface area contributed by atoms with Crippen LogP contribution in [-0.4, -0.2) is 56.7 Å². The third-order valence-corrected chi connectivity index (χ3v) is 6.26. The van der Waals surface area contributed by atoms with Gasteiger partial charge in [0.2, 0.25) is 0 Å². The minimum Gasteiger partial charge on any atom is -0.475 e. The maximum atomic E-state index is 12.2. The summed E-state index contributed by atoms with van der Waals surface area (Å²) in [7, 11) is 0. The molecule has 1 aliphatic carbocycles. The van der Waals surface area contributed by atoms with Crippen LogP contribution in [0.25, 0.3) is 22.3 Å². The molecular weight excluding hydrogens is 477 g/mol. The molecule has 1 fully saturated rings. The molecule has 192 valence electrons. The molecule has 12 heteroatoms. The molecule has 3 aromatic rings. The Morgan fingerprint density at radius 1 is 1.22 bits per heavy atom. The van der Waals surface area contributed by atoms with Crippen LogP contribution >= 0.6 is 0 Å². The van der Waals surface area contributed by atoms with Gasteiger partial charge in [-0.05, 0) is 44.7 Å². The van der Waals surface area contributed by atoms with Crippen molar-refractivity contribution >= 4 is 28.7 Å². The van der Waals surface area contributed by atoms with Crippen molar-refractivity contribution in [1.29, 1.82) is 0 Å². The van der Waals surface area contributed by atoms with Crippen molar-refractivity contribution < 1.29 is 27.9 Å². The lowest BCUT2D eigenvalue weighted by Gasteiger charge is -2.28. The summed E-state index contributed by atoms with van der Waals surface area (Å²) in [5.41, 5.74) is 12.3. The fourth-order valence-electron chi connectivity index (χ4n) is 4.51. The fraction of sp³-hybridized carbons (Fsp3) is 0.417. The topological polar surface area (TPSA) is 146 Å². The lowest BCUT2D eigenvalue weighted by molar-refractivity contribution is -0.192. The molecule has 5 rings (SSSR count). The number of carbonyl (C=O) groups is 2.